The Labute approximate surface area is 213 Å². The molecule has 3 aromatic rings. The first-order chi connectivity index (χ1) is 17.3. The molecule has 5 rings (SSSR count). The first kappa shape index (κ1) is 24.0. The number of benzodiazepines with no additional fused rings is 1. The molecular formula is C26H23ClN4O4S. The summed E-state index contributed by atoms with van der Waals surface area (Å²) in [5, 5.41) is 5.77. The van der Waals surface area contributed by atoms with Crippen LogP contribution in [-0.2, 0) is 14.6 Å². The van der Waals surface area contributed by atoms with Crippen molar-refractivity contribution in [2.24, 2.45) is 4.99 Å². The lowest BCUT2D eigenvalue weighted by Crippen LogP contribution is -2.42. The van der Waals surface area contributed by atoms with Gasteiger partial charge in [0.1, 0.15) is 0 Å². The van der Waals surface area contributed by atoms with E-state index < -0.39 is 27.8 Å². The van der Waals surface area contributed by atoms with Gasteiger partial charge in [-0.15, -0.1) is 0 Å². The average molecular weight is 523 g/mol. The Kier molecular flexibility index (Phi) is 6.51. The number of nitrogens with zero attached hydrogens (tertiary/aromatic N) is 2. The number of carbonyl (C=O) groups is 2. The maximum absolute atomic E-state index is 13.3. The number of fused-ring (bicyclic) bond motifs is 1. The van der Waals surface area contributed by atoms with Gasteiger partial charge in [-0.1, -0.05) is 60.1 Å². The number of halogens is 1. The molecule has 36 heavy (non-hydrogen) atoms. The molecule has 184 valence electrons. The largest absolute Gasteiger partial charge is 0.369 e. The van der Waals surface area contributed by atoms with Crippen LogP contribution in [0.3, 0.4) is 0 Å². The van der Waals surface area contributed by atoms with Crippen LogP contribution in [0, 0.1) is 0 Å². The molecule has 0 spiro atoms. The lowest BCUT2D eigenvalue weighted by atomic mass is 10.0. The van der Waals surface area contributed by atoms with Crippen LogP contribution in [0.15, 0.2) is 77.8 Å². The van der Waals surface area contributed by atoms with Crippen LogP contribution in [0.5, 0.6) is 0 Å². The summed E-state index contributed by atoms with van der Waals surface area (Å²) in [5.41, 5.74) is 3.58. The number of nitrogens with one attached hydrogen (secondary N) is 2. The Morgan fingerprint density at radius 1 is 1.00 bits per heavy atom. The monoisotopic (exact) mass is 522 g/mol. The zero-order valence-electron chi connectivity index (χ0n) is 19.1. The fourth-order valence-corrected chi connectivity index (χ4v) is 5.64. The van der Waals surface area contributed by atoms with Crippen LogP contribution in [0.25, 0.3) is 0 Å². The molecule has 2 heterocycles. The fourth-order valence-electron chi connectivity index (χ4n) is 4.24. The van der Waals surface area contributed by atoms with Crippen molar-refractivity contribution in [2.75, 3.05) is 34.8 Å². The molecule has 1 atom stereocenters. The predicted molar refractivity (Wildman–Crippen MR) is 141 cm³/mol. The lowest BCUT2D eigenvalue weighted by Gasteiger charge is -2.29. The molecule has 0 radical (unpaired) electrons. The first-order valence-corrected chi connectivity index (χ1v) is 13.6. The van der Waals surface area contributed by atoms with Gasteiger partial charge >= 0.3 is 0 Å². The summed E-state index contributed by atoms with van der Waals surface area (Å²) in [6, 6.07) is 21.7. The highest BCUT2D eigenvalue weighted by Crippen LogP contribution is 2.26. The molecule has 2 N–H and O–H groups in total. The van der Waals surface area contributed by atoms with Gasteiger partial charge < -0.3 is 15.5 Å². The third-order valence-corrected chi connectivity index (χ3v) is 8.10. The van der Waals surface area contributed by atoms with Crippen LogP contribution in [-0.4, -0.2) is 56.7 Å². The predicted octanol–water partition coefficient (Wildman–Crippen LogP) is 3.12. The van der Waals surface area contributed by atoms with E-state index in [-0.39, 0.29) is 22.1 Å². The number of para-hydroxylation sites is 1. The fraction of sp³-hybridized carbons (Fsp3) is 0.192. The van der Waals surface area contributed by atoms with Gasteiger partial charge in [0.15, 0.2) is 9.84 Å². The number of sulfone groups is 1. The molecule has 0 aromatic heterocycles. The van der Waals surface area contributed by atoms with E-state index in [0.717, 1.165) is 11.1 Å². The van der Waals surface area contributed by atoms with E-state index in [1.807, 2.05) is 53.4 Å². The summed E-state index contributed by atoms with van der Waals surface area (Å²) in [7, 11) is -3.04. The smallest absolute Gasteiger partial charge is 0.269 e. The molecule has 2 aliphatic rings. The van der Waals surface area contributed by atoms with Crippen molar-refractivity contribution < 1.29 is 18.0 Å². The summed E-state index contributed by atoms with van der Waals surface area (Å²) in [4.78, 5) is 32.9. The van der Waals surface area contributed by atoms with Gasteiger partial charge in [0.05, 0.1) is 33.5 Å². The lowest BCUT2D eigenvalue weighted by molar-refractivity contribution is -0.117. The van der Waals surface area contributed by atoms with Crippen LogP contribution in [0.2, 0.25) is 5.02 Å². The van der Waals surface area contributed by atoms with Gasteiger partial charge in [0.25, 0.3) is 11.8 Å². The van der Waals surface area contributed by atoms with E-state index in [0.29, 0.717) is 30.2 Å². The Morgan fingerprint density at radius 2 is 1.69 bits per heavy atom. The third kappa shape index (κ3) is 4.98. The van der Waals surface area contributed by atoms with Crippen molar-refractivity contribution in [3.05, 3.63) is 94.5 Å². The molecule has 0 bridgehead atoms. The normalized spacial score (nSPS) is 18.9. The minimum Gasteiger partial charge on any atom is -0.369 e. The van der Waals surface area contributed by atoms with Crippen molar-refractivity contribution in [3.8, 4) is 0 Å². The van der Waals surface area contributed by atoms with Gasteiger partial charge in [-0.3, -0.25) is 9.59 Å². The van der Waals surface area contributed by atoms with Crippen LogP contribution >= 0.6 is 11.6 Å². The van der Waals surface area contributed by atoms with Crippen molar-refractivity contribution in [2.45, 2.75) is 6.17 Å². The van der Waals surface area contributed by atoms with E-state index >= 15 is 0 Å². The topological polar surface area (TPSA) is 108 Å². The molecule has 1 fully saturated rings. The van der Waals surface area contributed by atoms with Gasteiger partial charge in [-0.25, -0.2) is 13.4 Å². The second-order valence-electron chi connectivity index (χ2n) is 8.56. The van der Waals surface area contributed by atoms with Crippen molar-refractivity contribution in [3.63, 3.8) is 0 Å². The number of carbonyl (C=O) groups excluding carboxylic acids is 2. The van der Waals surface area contributed by atoms with Crippen LogP contribution in [0.1, 0.15) is 21.5 Å². The summed E-state index contributed by atoms with van der Waals surface area (Å²) in [5.74, 6) is -0.933. The maximum Gasteiger partial charge on any atom is 0.269 e. The SMILES string of the molecule is O=C(NC1N=C(c2ccccc2)c2ccccc2NC1=O)c1cc(N2CCS(=O)(=O)CC2)ccc1Cl. The van der Waals surface area contributed by atoms with Gasteiger partial charge in [-0.05, 0) is 24.3 Å². The van der Waals surface area contributed by atoms with Crippen LogP contribution < -0.4 is 15.5 Å². The maximum atomic E-state index is 13.3. The third-order valence-electron chi connectivity index (χ3n) is 6.17. The Balaban J connectivity index is 1.45. The number of rotatable bonds is 4. The summed E-state index contributed by atoms with van der Waals surface area (Å²) >= 11 is 6.35. The molecule has 2 amide bonds. The van der Waals surface area contributed by atoms with Gasteiger partial charge in [0, 0.05) is 29.9 Å². The first-order valence-electron chi connectivity index (χ1n) is 11.4. The highest BCUT2D eigenvalue weighted by atomic mass is 35.5. The summed E-state index contributed by atoms with van der Waals surface area (Å²) in [6.07, 6.45) is -1.19. The molecule has 3 aromatic carbocycles. The van der Waals surface area contributed by atoms with Crippen molar-refractivity contribution in [1.29, 1.82) is 0 Å². The van der Waals surface area contributed by atoms with Gasteiger partial charge in [0.2, 0.25) is 6.17 Å². The van der Waals surface area contributed by atoms with Crippen LogP contribution in [0.4, 0.5) is 11.4 Å². The highest BCUT2D eigenvalue weighted by Gasteiger charge is 2.28. The molecule has 1 unspecified atom stereocenters. The van der Waals surface area contributed by atoms with E-state index in [1.54, 1.807) is 24.3 Å². The second kappa shape index (κ2) is 9.75. The summed E-state index contributed by atoms with van der Waals surface area (Å²) in [6.45, 7) is 0.665. The van der Waals surface area contributed by atoms with E-state index in [1.165, 1.54) is 0 Å². The molecule has 1 saturated heterocycles. The number of hydrogen-bond donors (Lipinski definition) is 2. The Morgan fingerprint density at radius 3 is 2.44 bits per heavy atom. The number of benzene rings is 3. The standard InChI is InChI=1S/C26H23ClN4O4S/c27-21-11-10-18(31-12-14-36(34,35)15-13-31)16-20(21)25(32)30-24-26(33)28-22-9-5-4-8-19(22)23(29-24)17-6-2-1-3-7-17/h1-11,16,24H,12-15H2,(H,28,33)(H,30,32). The number of amides is 2. The number of anilines is 2. The molecular weight excluding hydrogens is 500 g/mol. The van der Waals surface area contributed by atoms with Crippen molar-refractivity contribution >= 4 is 50.3 Å². The minimum atomic E-state index is -3.04. The zero-order valence-corrected chi connectivity index (χ0v) is 20.7. The quantitative estimate of drug-likeness (QED) is 0.547. The Bertz CT molecular complexity index is 1460. The van der Waals surface area contributed by atoms with E-state index in [9.17, 15) is 18.0 Å². The van der Waals surface area contributed by atoms with E-state index in [4.69, 9.17) is 11.6 Å². The molecule has 0 aliphatic carbocycles. The highest BCUT2D eigenvalue weighted by molar-refractivity contribution is 7.91. The zero-order chi connectivity index (χ0) is 25.3. The summed E-state index contributed by atoms with van der Waals surface area (Å²) < 4.78 is 23.6. The minimum absolute atomic E-state index is 0.0525. The number of hydrogen-bond acceptors (Lipinski definition) is 6. The molecule has 0 saturated carbocycles. The Hall–Kier alpha value is -3.69. The van der Waals surface area contributed by atoms with E-state index in [2.05, 4.69) is 15.6 Å². The number of aliphatic imine (C=N–C) groups is 1. The molecule has 10 heteroatoms. The van der Waals surface area contributed by atoms with Crippen molar-refractivity contribution in [1.82, 2.24) is 5.32 Å². The second-order valence-corrected chi connectivity index (χ2v) is 11.3. The average Bonchev–Trinajstić information content (AvgIpc) is 3.01. The van der Waals surface area contributed by atoms with Gasteiger partial charge in [-0.2, -0.15) is 0 Å². The molecule has 8 nitrogen and oxygen atoms in total. The molecule has 2 aliphatic heterocycles.